The molecule has 0 spiro atoms. The SMILES string of the molecule is Cc1nn(C)c(C)c1C(=O)NCCN1CCC(N2CCOCC2)C1=O. The van der Waals surface area contributed by atoms with Crippen molar-refractivity contribution < 1.29 is 14.3 Å². The Morgan fingerprint density at radius 3 is 2.64 bits per heavy atom. The van der Waals surface area contributed by atoms with E-state index in [4.69, 9.17) is 4.74 Å². The highest BCUT2D eigenvalue weighted by molar-refractivity contribution is 5.96. The number of aromatic nitrogens is 2. The van der Waals surface area contributed by atoms with Gasteiger partial charge in [-0.05, 0) is 20.3 Å². The Morgan fingerprint density at radius 2 is 2.00 bits per heavy atom. The molecular formula is C17H27N5O3. The molecule has 0 aliphatic carbocycles. The summed E-state index contributed by atoms with van der Waals surface area (Å²) in [5.74, 6) is 0.0457. The lowest BCUT2D eigenvalue weighted by molar-refractivity contribution is -0.133. The lowest BCUT2D eigenvalue weighted by Crippen LogP contribution is -2.48. The van der Waals surface area contributed by atoms with Crippen molar-refractivity contribution in [1.29, 1.82) is 0 Å². The first-order valence-corrected chi connectivity index (χ1v) is 8.88. The number of nitrogens with zero attached hydrogens (tertiary/aromatic N) is 4. The number of carbonyl (C=O) groups excluding carboxylic acids is 2. The number of ether oxygens (including phenoxy) is 1. The highest BCUT2D eigenvalue weighted by atomic mass is 16.5. The molecule has 8 heteroatoms. The van der Waals surface area contributed by atoms with E-state index in [9.17, 15) is 9.59 Å². The number of amides is 2. The Balaban J connectivity index is 1.49. The zero-order chi connectivity index (χ0) is 18.0. The van der Waals surface area contributed by atoms with Crippen LogP contribution in [0.3, 0.4) is 0 Å². The molecule has 8 nitrogen and oxygen atoms in total. The first kappa shape index (κ1) is 17.9. The normalized spacial score (nSPS) is 21.8. The maximum absolute atomic E-state index is 12.6. The van der Waals surface area contributed by atoms with Gasteiger partial charge in [0.1, 0.15) is 0 Å². The number of morpholine rings is 1. The third-order valence-electron chi connectivity index (χ3n) is 5.16. The van der Waals surface area contributed by atoms with E-state index in [0.29, 0.717) is 31.9 Å². The summed E-state index contributed by atoms with van der Waals surface area (Å²) >= 11 is 0. The van der Waals surface area contributed by atoms with E-state index in [1.54, 1.807) is 4.68 Å². The zero-order valence-corrected chi connectivity index (χ0v) is 15.2. The van der Waals surface area contributed by atoms with Gasteiger partial charge in [-0.15, -0.1) is 0 Å². The summed E-state index contributed by atoms with van der Waals surface area (Å²) in [6.45, 7) is 8.50. The van der Waals surface area contributed by atoms with E-state index in [1.165, 1.54) is 0 Å². The van der Waals surface area contributed by atoms with Gasteiger partial charge in [-0.2, -0.15) is 5.10 Å². The lowest BCUT2D eigenvalue weighted by Gasteiger charge is -2.31. The molecule has 1 N–H and O–H groups in total. The van der Waals surface area contributed by atoms with Crippen LogP contribution in [0.4, 0.5) is 0 Å². The molecule has 2 fully saturated rings. The molecule has 1 aromatic rings. The number of nitrogens with one attached hydrogen (secondary N) is 1. The van der Waals surface area contributed by atoms with Crippen LogP contribution in [-0.2, 0) is 16.6 Å². The molecule has 3 heterocycles. The molecule has 1 atom stereocenters. The predicted molar refractivity (Wildman–Crippen MR) is 92.4 cm³/mol. The smallest absolute Gasteiger partial charge is 0.255 e. The number of hydrogen-bond donors (Lipinski definition) is 1. The monoisotopic (exact) mass is 349 g/mol. The van der Waals surface area contributed by atoms with Gasteiger partial charge in [0.2, 0.25) is 5.91 Å². The summed E-state index contributed by atoms with van der Waals surface area (Å²) in [7, 11) is 1.83. The molecule has 138 valence electrons. The van der Waals surface area contributed by atoms with E-state index in [1.807, 2.05) is 25.8 Å². The summed E-state index contributed by atoms with van der Waals surface area (Å²) in [6, 6.07) is -0.0255. The maximum Gasteiger partial charge on any atom is 0.255 e. The largest absolute Gasteiger partial charge is 0.379 e. The molecule has 2 saturated heterocycles. The maximum atomic E-state index is 12.6. The van der Waals surface area contributed by atoms with Crippen LogP contribution in [0.5, 0.6) is 0 Å². The van der Waals surface area contributed by atoms with Crippen molar-refractivity contribution in [2.75, 3.05) is 45.9 Å². The third kappa shape index (κ3) is 3.69. The van der Waals surface area contributed by atoms with Gasteiger partial charge in [0.15, 0.2) is 0 Å². The minimum atomic E-state index is -0.125. The van der Waals surface area contributed by atoms with Gasteiger partial charge in [0, 0.05) is 45.5 Å². The van der Waals surface area contributed by atoms with E-state index in [2.05, 4.69) is 15.3 Å². The minimum Gasteiger partial charge on any atom is -0.379 e. The molecular weight excluding hydrogens is 322 g/mol. The fraction of sp³-hybridized carbons (Fsp3) is 0.706. The summed E-state index contributed by atoms with van der Waals surface area (Å²) in [5, 5.41) is 7.18. The average Bonchev–Trinajstić information content (AvgIpc) is 3.08. The Kier molecular flexibility index (Phi) is 5.39. The van der Waals surface area contributed by atoms with Gasteiger partial charge < -0.3 is 15.0 Å². The van der Waals surface area contributed by atoms with Crippen molar-refractivity contribution in [2.24, 2.45) is 7.05 Å². The van der Waals surface area contributed by atoms with E-state index in [0.717, 1.165) is 37.4 Å². The molecule has 0 bridgehead atoms. The Bertz CT molecular complexity index is 651. The summed E-state index contributed by atoms with van der Waals surface area (Å²) in [4.78, 5) is 29.0. The van der Waals surface area contributed by atoms with Gasteiger partial charge in [-0.25, -0.2) is 0 Å². The van der Waals surface area contributed by atoms with Crippen LogP contribution in [-0.4, -0.2) is 83.4 Å². The number of hydrogen-bond acceptors (Lipinski definition) is 5. The van der Waals surface area contributed by atoms with E-state index in [-0.39, 0.29) is 17.9 Å². The van der Waals surface area contributed by atoms with Crippen LogP contribution in [0.1, 0.15) is 28.2 Å². The molecule has 1 unspecified atom stereocenters. The van der Waals surface area contributed by atoms with Crippen LogP contribution < -0.4 is 5.32 Å². The van der Waals surface area contributed by atoms with Gasteiger partial charge in [0.25, 0.3) is 5.91 Å². The predicted octanol–water partition coefficient (Wildman–Crippen LogP) is -0.300. The van der Waals surface area contributed by atoms with Crippen molar-refractivity contribution >= 4 is 11.8 Å². The Hall–Kier alpha value is -1.93. The van der Waals surface area contributed by atoms with E-state index < -0.39 is 0 Å². The highest BCUT2D eigenvalue weighted by Crippen LogP contribution is 2.18. The number of rotatable bonds is 5. The third-order valence-corrected chi connectivity index (χ3v) is 5.16. The van der Waals surface area contributed by atoms with Crippen LogP contribution in [0.15, 0.2) is 0 Å². The van der Waals surface area contributed by atoms with Gasteiger partial charge in [-0.1, -0.05) is 0 Å². The molecule has 1 aromatic heterocycles. The first-order chi connectivity index (χ1) is 12.0. The Morgan fingerprint density at radius 1 is 1.28 bits per heavy atom. The van der Waals surface area contributed by atoms with Crippen molar-refractivity contribution in [3.63, 3.8) is 0 Å². The van der Waals surface area contributed by atoms with Crippen molar-refractivity contribution in [2.45, 2.75) is 26.3 Å². The standard InChI is InChI=1S/C17H27N5O3/c1-12-15(13(2)20(3)19-12)16(23)18-5-7-22-6-4-14(17(22)24)21-8-10-25-11-9-21/h14H,4-11H2,1-3H3,(H,18,23). The van der Waals surface area contributed by atoms with Crippen LogP contribution in [0.25, 0.3) is 0 Å². The summed E-state index contributed by atoms with van der Waals surface area (Å²) in [5.41, 5.74) is 2.20. The second-order valence-corrected chi connectivity index (χ2v) is 6.70. The topological polar surface area (TPSA) is 79.7 Å². The lowest BCUT2D eigenvalue weighted by atomic mass is 10.2. The zero-order valence-electron chi connectivity index (χ0n) is 15.2. The van der Waals surface area contributed by atoms with Crippen LogP contribution in [0.2, 0.25) is 0 Å². The highest BCUT2D eigenvalue weighted by Gasteiger charge is 2.36. The molecule has 2 aliphatic rings. The fourth-order valence-corrected chi connectivity index (χ4v) is 3.67. The van der Waals surface area contributed by atoms with Crippen molar-refractivity contribution in [1.82, 2.24) is 24.9 Å². The molecule has 2 amide bonds. The fourth-order valence-electron chi connectivity index (χ4n) is 3.67. The van der Waals surface area contributed by atoms with Crippen molar-refractivity contribution in [3.05, 3.63) is 17.0 Å². The first-order valence-electron chi connectivity index (χ1n) is 8.88. The van der Waals surface area contributed by atoms with Gasteiger partial charge in [-0.3, -0.25) is 19.2 Å². The molecule has 0 aromatic carbocycles. The number of carbonyl (C=O) groups is 2. The summed E-state index contributed by atoms with van der Waals surface area (Å²) < 4.78 is 7.06. The van der Waals surface area contributed by atoms with Gasteiger partial charge >= 0.3 is 0 Å². The van der Waals surface area contributed by atoms with Crippen LogP contribution in [0, 0.1) is 13.8 Å². The second kappa shape index (κ2) is 7.53. The molecule has 25 heavy (non-hydrogen) atoms. The molecule has 3 rings (SSSR count). The quantitative estimate of drug-likeness (QED) is 0.790. The second-order valence-electron chi connectivity index (χ2n) is 6.70. The Labute approximate surface area is 148 Å². The summed E-state index contributed by atoms with van der Waals surface area (Å²) in [6.07, 6.45) is 0.855. The van der Waals surface area contributed by atoms with Gasteiger partial charge in [0.05, 0.1) is 30.5 Å². The average molecular weight is 349 g/mol. The number of likely N-dealkylation sites (tertiary alicyclic amines) is 1. The molecule has 0 saturated carbocycles. The van der Waals surface area contributed by atoms with Crippen molar-refractivity contribution in [3.8, 4) is 0 Å². The van der Waals surface area contributed by atoms with Crippen LogP contribution >= 0.6 is 0 Å². The number of aryl methyl sites for hydroxylation is 2. The molecule has 0 radical (unpaired) electrons. The molecule has 2 aliphatic heterocycles. The minimum absolute atomic E-state index is 0.0255. The van der Waals surface area contributed by atoms with E-state index >= 15 is 0 Å².